The maximum Gasteiger partial charge on any atom is 0.269 e. The van der Waals surface area contributed by atoms with Crippen molar-refractivity contribution in [2.24, 2.45) is 11.7 Å². The third-order valence-corrected chi connectivity index (χ3v) is 7.56. The average molecular weight is 617 g/mol. The standard InChI is InChI=1S/C32H24N8O6/c33-35-31(41)21-5-1-19(2-6-21)27-17-29-30(37(27)23-9-13-25(14-10-23)39(43)44)18-28(20-3-7-22(8-4-20)32(42)36-34)38(29)24-11-15-26(16-12-24)40(45)46/h1-18H,33-34H2,(H,35,41)(H,36,42). The molecular weight excluding hydrogens is 592 g/mol. The number of nitro benzene ring substituents is 2. The summed E-state index contributed by atoms with van der Waals surface area (Å²) in [7, 11) is 0. The van der Waals surface area contributed by atoms with Gasteiger partial charge in [-0.15, -0.1) is 0 Å². The van der Waals surface area contributed by atoms with Crippen molar-refractivity contribution in [3.05, 3.63) is 141 Å². The van der Waals surface area contributed by atoms with E-state index in [-0.39, 0.29) is 11.4 Å². The summed E-state index contributed by atoms with van der Waals surface area (Å²) in [4.78, 5) is 46.0. The highest BCUT2D eigenvalue weighted by Gasteiger charge is 2.22. The molecule has 0 atom stereocenters. The van der Waals surface area contributed by atoms with E-state index in [1.165, 1.54) is 24.3 Å². The lowest BCUT2D eigenvalue weighted by Crippen LogP contribution is -2.29. The van der Waals surface area contributed by atoms with E-state index in [4.69, 9.17) is 11.7 Å². The van der Waals surface area contributed by atoms with Crippen LogP contribution in [0.15, 0.2) is 109 Å². The largest absolute Gasteiger partial charge is 0.308 e. The number of benzene rings is 4. The quantitative estimate of drug-likeness (QED) is 0.0808. The van der Waals surface area contributed by atoms with E-state index in [1.54, 1.807) is 72.8 Å². The van der Waals surface area contributed by atoms with Gasteiger partial charge in [-0.3, -0.25) is 40.7 Å². The molecule has 0 aliphatic heterocycles. The molecule has 6 rings (SSSR count). The summed E-state index contributed by atoms with van der Waals surface area (Å²) >= 11 is 0. The fourth-order valence-corrected chi connectivity index (χ4v) is 5.33. The van der Waals surface area contributed by atoms with Gasteiger partial charge < -0.3 is 9.13 Å². The van der Waals surface area contributed by atoms with Crippen LogP contribution >= 0.6 is 0 Å². The number of nitrogen functional groups attached to an aromatic ring is 2. The first-order chi connectivity index (χ1) is 22.2. The molecule has 14 nitrogen and oxygen atoms in total. The average Bonchev–Trinajstić information content (AvgIpc) is 3.64. The minimum absolute atomic E-state index is 0.0726. The number of aromatic nitrogens is 2. The van der Waals surface area contributed by atoms with E-state index >= 15 is 0 Å². The zero-order chi connectivity index (χ0) is 32.5. The maximum atomic E-state index is 12.1. The Morgan fingerprint density at radius 2 is 0.870 bits per heavy atom. The molecule has 2 heterocycles. The van der Waals surface area contributed by atoms with E-state index in [0.29, 0.717) is 44.9 Å². The Bertz CT molecular complexity index is 1980. The summed E-state index contributed by atoms with van der Waals surface area (Å²) in [6.07, 6.45) is 0. The molecule has 4 aromatic carbocycles. The highest BCUT2D eigenvalue weighted by atomic mass is 16.6. The molecule has 0 spiro atoms. The first kappa shape index (κ1) is 29.4. The van der Waals surface area contributed by atoms with Gasteiger partial charge in [-0.25, -0.2) is 11.7 Å². The monoisotopic (exact) mass is 616 g/mol. The summed E-state index contributed by atoms with van der Waals surface area (Å²) in [6, 6.07) is 29.6. The van der Waals surface area contributed by atoms with Crippen LogP contribution in [0.3, 0.4) is 0 Å². The van der Waals surface area contributed by atoms with Gasteiger partial charge in [0.15, 0.2) is 0 Å². The van der Waals surface area contributed by atoms with Crippen LogP contribution < -0.4 is 22.5 Å². The lowest BCUT2D eigenvalue weighted by Gasteiger charge is -2.12. The van der Waals surface area contributed by atoms with Crippen LogP contribution in [0.5, 0.6) is 0 Å². The zero-order valence-electron chi connectivity index (χ0n) is 23.8. The molecule has 0 aliphatic rings. The van der Waals surface area contributed by atoms with Crippen molar-refractivity contribution in [2.75, 3.05) is 0 Å². The number of nitro groups is 2. The van der Waals surface area contributed by atoms with Crippen molar-refractivity contribution in [1.29, 1.82) is 0 Å². The Labute approximate surface area is 259 Å². The number of hydrazine groups is 2. The molecule has 2 amide bonds. The zero-order valence-corrected chi connectivity index (χ0v) is 23.8. The highest BCUT2D eigenvalue weighted by Crippen LogP contribution is 2.39. The number of amides is 2. The summed E-state index contributed by atoms with van der Waals surface area (Å²) in [5, 5.41) is 22.8. The van der Waals surface area contributed by atoms with Crippen LogP contribution in [-0.4, -0.2) is 30.8 Å². The predicted molar refractivity (Wildman–Crippen MR) is 170 cm³/mol. The topological polar surface area (TPSA) is 206 Å². The van der Waals surface area contributed by atoms with Crippen LogP contribution in [0.1, 0.15) is 20.7 Å². The van der Waals surface area contributed by atoms with Gasteiger partial charge in [-0.1, -0.05) is 24.3 Å². The van der Waals surface area contributed by atoms with Crippen molar-refractivity contribution >= 4 is 34.2 Å². The molecule has 228 valence electrons. The number of rotatable bonds is 8. The Morgan fingerprint density at radius 1 is 0.543 bits per heavy atom. The van der Waals surface area contributed by atoms with E-state index in [9.17, 15) is 29.8 Å². The number of hydrogen-bond donors (Lipinski definition) is 4. The summed E-state index contributed by atoms with van der Waals surface area (Å²) < 4.78 is 3.86. The number of nitrogens with one attached hydrogen (secondary N) is 2. The lowest BCUT2D eigenvalue weighted by molar-refractivity contribution is -0.385. The van der Waals surface area contributed by atoms with Crippen LogP contribution in [0, 0.1) is 20.2 Å². The van der Waals surface area contributed by atoms with Gasteiger partial charge in [-0.2, -0.15) is 0 Å². The molecule has 0 aliphatic carbocycles. The van der Waals surface area contributed by atoms with Crippen molar-refractivity contribution in [3.63, 3.8) is 0 Å². The molecule has 0 fully saturated rings. The van der Waals surface area contributed by atoms with Crippen LogP contribution in [0.25, 0.3) is 44.9 Å². The van der Waals surface area contributed by atoms with E-state index < -0.39 is 21.7 Å². The van der Waals surface area contributed by atoms with E-state index in [2.05, 4.69) is 10.9 Å². The molecule has 0 bridgehead atoms. The molecule has 0 unspecified atom stereocenters. The molecule has 14 heteroatoms. The summed E-state index contributed by atoms with van der Waals surface area (Å²) in [5.74, 6) is 9.69. The van der Waals surface area contributed by atoms with Crippen molar-refractivity contribution < 1.29 is 19.4 Å². The van der Waals surface area contributed by atoms with Gasteiger partial charge in [0.25, 0.3) is 23.2 Å². The fraction of sp³-hybridized carbons (Fsp3) is 0. The minimum Gasteiger partial charge on any atom is -0.308 e. The normalized spacial score (nSPS) is 10.9. The van der Waals surface area contributed by atoms with Crippen molar-refractivity contribution in [3.8, 4) is 33.9 Å². The number of fused-ring (bicyclic) bond motifs is 1. The molecule has 0 saturated carbocycles. The van der Waals surface area contributed by atoms with E-state index in [0.717, 1.165) is 11.1 Å². The first-order valence-corrected chi connectivity index (χ1v) is 13.7. The second-order valence-corrected chi connectivity index (χ2v) is 10.1. The summed E-state index contributed by atoms with van der Waals surface area (Å²) in [5.41, 5.74) is 10.3. The van der Waals surface area contributed by atoms with Gasteiger partial charge in [0.05, 0.1) is 32.3 Å². The lowest BCUT2D eigenvalue weighted by atomic mass is 10.1. The van der Waals surface area contributed by atoms with Gasteiger partial charge >= 0.3 is 0 Å². The van der Waals surface area contributed by atoms with Gasteiger partial charge in [-0.05, 0) is 71.8 Å². The third-order valence-electron chi connectivity index (χ3n) is 7.56. The minimum atomic E-state index is -0.477. The first-order valence-electron chi connectivity index (χ1n) is 13.7. The Hall–Kier alpha value is -6.64. The van der Waals surface area contributed by atoms with Crippen LogP contribution in [-0.2, 0) is 0 Å². The van der Waals surface area contributed by atoms with Gasteiger partial charge in [0, 0.05) is 46.8 Å². The Balaban J connectivity index is 1.63. The Morgan fingerprint density at radius 3 is 1.15 bits per heavy atom. The highest BCUT2D eigenvalue weighted by molar-refractivity contribution is 5.97. The number of nitrogens with two attached hydrogens (primary N) is 2. The maximum absolute atomic E-state index is 12.1. The number of carbonyl (C=O) groups excluding carboxylic acids is 2. The number of nitrogens with zero attached hydrogens (tertiary/aromatic N) is 4. The Kier molecular flexibility index (Phi) is 7.55. The van der Waals surface area contributed by atoms with Crippen molar-refractivity contribution in [1.82, 2.24) is 20.0 Å². The number of hydrogen-bond acceptors (Lipinski definition) is 8. The summed E-state index contributed by atoms with van der Waals surface area (Å²) in [6.45, 7) is 0. The molecule has 6 N–H and O–H groups in total. The molecule has 0 radical (unpaired) electrons. The van der Waals surface area contributed by atoms with Gasteiger partial charge in [0.1, 0.15) is 0 Å². The predicted octanol–water partition coefficient (Wildman–Crippen LogP) is 4.78. The number of carbonyl (C=O) groups is 2. The molecule has 2 aromatic heterocycles. The van der Waals surface area contributed by atoms with Gasteiger partial charge in [0.2, 0.25) is 0 Å². The molecule has 0 saturated heterocycles. The second kappa shape index (κ2) is 11.8. The molecular formula is C32H24N8O6. The molecule has 46 heavy (non-hydrogen) atoms. The van der Waals surface area contributed by atoms with E-state index in [1.807, 2.05) is 21.3 Å². The second-order valence-electron chi connectivity index (χ2n) is 10.1. The van der Waals surface area contributed by atoms with Crippen LogP contribution in [0.2, 0.25) is 0 Å². The fourth-order valence-electron chi connectivity index (χ4n) is 5.33. The third kappa shape index (κ3) is 5.21. The molecule has 6 aromatic rings. The number of non-ortho nitro benzene ring substituents is 2. The van der Waals surface area contributed by atoms with Crippen LogP contribution in [0.4, 0.5) is 11.4 Å². The van der Waals surface area contributed by atoms with Crippen molar-refractivity contribution in [2.45, 2.75) is 0 Å². The smallest absolute Gasteiger partial charge is 0.269 e. The SMILES string of the molecule is NNC(=O)c1ccc(-c2cc3c(cc(-c4ccc(C(=O)NN)cc4)n3-c3ccc([N+](=O)[O-])cc3)n2-c2ccc([N+](=O)[O-])cc2)cc1.